The van der Waals surface area contributed by atoms with Crippen molar-refractivity contribution in [3.8, 4) is 0 Å². The van der Waals surface area contributed by atoms with Gasteiger partial charge in [-0.05, 0) is 14.1 Å². The van der Waals surface area contributed by atoms with E-state index in [0.717, 1.165) is 26.2 Å². The average Bonchev–Trinajstić information content (AvgIpc) is 2.10. The van der Waals surface area contributed by atoms with Crippen molar-refractivity contribution in [2.24, 2.45) is 17.6 Å². The number of likely N-dealkylation sites (tertiary alicyclic amines) is 2. The van der Waals surface area contributed by atoms with Crippen molar-refractivity contribution in [3.63, 3.8) is 0 Å². The van der Waals surface area contributed by atoms with Crippen LogP contribution in [0.4, 0.5) is 0 Å². The summed E-state index contributed by atoms with van der Waals surface area (Å²) in [6, 6.07) is 0. The molecule has 0 atom stereocenters. The topological polar surface area (TPSA) is 52.7 Å². The van der Waals surface area contributed by atoms with E-state index < -0.39 is 5.60 Å². The van der Waals surface area contributed by atoms with Crippen LogP contribution in [0.15, 0.2) is 0 Å². The Morgan fingerprint density at radius 1 is 1.14 bits per heavy atom. The number of nitrogens with zero attached hydrogens (tertiary/aromatic N) is 2. The highest BCUT2D eigenvalue weighted by molar-refractivity contribution is 5.04. The number of nitrogens with two attached hydrogens (primary N) is 1. The first-order chi connectivity index (χ1) is 6.56. The van der Waals surface area contributed by atoms with Gasteiger partial charge in [-0.25, -0.2) is 0 Å². The third kappa shape index (κ3) is 1.46. The summed E-state index contributed by atoms with van der Waals surface area (Å²) in [5.74, 6) is 0.630. The van der Waals surface area contributed by atoms with Gasteiger partial charge in [0.2, 0.25) is 0 Å². The molecule has 0 saturated carbocycles. The van der Waals surface area contributed by atoms with E-state index >= 15 is 0 Å². The van der Waals surface area contributed by atoms with Gasteiger partial charge >= 0.3 is 0 Å². The highest BCUT2D eigenvalue weighted by Gasteiger charge is 2.50. The number of hydrogen-bond donors (Lipinski definition) is 2. The second-order valence-corrected chi connectivity index (χ2v) is 5.03. The zero-order valence-corrected chi connectivity index (χ0v) is 9.11. The quantitative estimate of drug-likeness (QED) is 0.557. The Hall–Kier alpha value is -0.160. The molecular formula is C10H21N3O. The second kappa shape index (κ2) is 3.45. The van der Waals surface area contributed by atoms with Gasteiger partial charge in [-0.1, -0.05) is 0 Å². The average molecular weight is 199 g/mol. The molecule has 2 fully saturated rings. The van der Waals surface area contributed by atoms with Gasteiger partial charge in [-0.3, -0.25) is 0 Å². The molecule has 0 aromatic rings. The number of aliphatic hydroxyl groups is 1. The molecule has 4 heteroatoms. The van der Waals surface area contributed by atoms with Gasteiger partial charge in [0.1, 0.15) is 0 Å². The van der Waals surface area contributed by atoms with Crippen LogP contribution in [0.25, 0.3) is 0 Å². The van der Waals surface area contributed by atoms with E-state index in [1.807, 2.05) is 0 Å². The Labute approximate surface area is 85.7 Å². The molecule has 2 saturated heterocycles. The smallest absolute Gasteiger partial charge is 0.0874 e. The number of piperidine rings is 2. The summed E-state index contributed by atoms with van der Waals surface area (Å²) in [7, 11) is 4.25. The highest BCUT2D eigenvalue weighted by atomic mass is 16.3. The maximum absolute atomic E-state index is 10.5. The summed E-state index contributed by atoms with van der Waals surface area (Å²) in [6.07, 6.45) is 0. The van der Waals surface area contributed by atoms with Gasteiger partial charge < -0.3 is 20.6 Å². The lowest BCUT2D eigenvalue weighted by molar-refractivity contribution is -0.144. The Morgan fingerprint density at radius 3 is 1.79 bits per heavy atom. The van der Waals surface area contributed by atoms with E-state index in [2.05, 4.69) is 23.9 Å². The molecule has 4 nitrogen and oxygen atoms in total. The van der Waals surface area contributed by atoms with Crippen LogP contribution in [-0.2, 0) is 0 Å². The summed E-state index contributed by atoms with van der Waals surface area (Å²) < 4.78 is 0. The molecule has 2 bridgehead atoms. The standard InChI is InChI=1S/C10H21N3O/c1-12-3-8-5-13(2)6-9(4-12)10(8,14)7-11/h8-9,14H,3-7,11H2,1-2H3. The fraction of sp³-hybridized carbons (Fsp3) is 1.00. The fourth-order valence-corrected chi connectivity index (χ4v) is 3.07. The lowest BCUT2D eigenvalue weighted by Gasteiger charge is -2.54. The molecule has 0 radical (unpaired) electrons. The summed E-state index contributed by atoms with van der Waals surface area (Å²) in [6.45, 7) is 4.27. The molecule has 3 N–H and O–H groups in total. The van der Waals surface area contributed by atoms with Crippen molar-refractivity contribution in [3.05, 3.63) is 0 Å². The van der Waals surface area contributed by atoms with Gasteiger partial charge in [0.15, 0.2) is 0 Å². The van der Waals surface area contributed by atoms with Crippen molar-refractivity contribution in [1.82, 2.24) is 9.80 Å². The molecule has 0 amide bonds. The molecule has 0 aliphatic carbocycles. The minimum Gasteiger partial charge on any atom is -0.388 e. The maximum Gasteiger partial charge on any atom is 0.0874 e. The summed E-state index contributed by atoms with van der Waals surface area (Å²) >= 11 is 0. The molecule has 0 aromatic heterocycles. The van der Waals surface area contributed by atoms with Gasteiger partial charge in [-0.15, -0.1) is 0 Å². The molecule has 2 aliphatic heterocycles. The number of fused-ring (bicyclic) bond motifs is 2. The second-order valence-electron chi connectivity index (χ2n) is 5.03. The van der Waals surface area contributed by atoms with Gasteiger partial charge in [-0.2, -0.15) is 0 Å². The van der Waals surface area contributed by atoms with Crippen LogP contribution < -0.4 is 5.73 Å². The van der Waals surface area contributed by atoms with E-state index in [0.29, 0.717) is 18.4 Å². The van der Waals surface area contributed by atoms with E-state index in [1.165, 1.54) is 0 Å². The maximum atomic E-state index is 10.5. The highest BCUT2D eigenvalue weighted by Crippen LogP contribution is 2.36. The number of rotatable bonds is 1. The van der Waals surface area contributed by atoms with Gasteiger partial charge in [0.05, 0.1) is 5.60 Å². The fourth-order valence-electron chi connectivity index (χ4n) is 3.07. The first kappa shape index (κ1) is 10.4. The van der Waals surface area contributed by atoms with Crippen molar-refractivity contribution >= 4 is 0 Å². The van der Waals surface area contributed by atoms with Crippen molar-refractivity contribution in [2.45, 2.75) is 5.60 Å². The molecule has 2 rings (SSSR count). The molecule has 0 spiro atoms. The van der Waals surface area contributed by atoms with E-state index in [1.54, 1.807) is 0 Å². The van der Waals surface area contributed by atoms with Crippen LogP contribution >= 0.6 is 0 Å². The molecule has 0 unspecified atom stereocenters. The molecule has 82 valence electrons. The molecule has 2 aliphatic rings. The lowest BCUT2D eigenvalue weighted by atomic mass is 9.70. The van der Waals surface area contributed by atoms with Crippen molar-refractivity contribution in [2.75, 3.05) is 46.8 Å². The van der Waals surface area contributed by atoms with Crippen molar-refractivity contribution in [1.29, 1.82) is 0 Å². The van der Waals surface area contributed by atoms with Gasteiger partial charge in [0.25, 0.3) is 0 Å². The minimum atomic E-state index is -0.612. The van der Waals surface area contributed by atoms with Crippen LogP contribution in [0.3, 0.4) is 0 Å². The number of hydrogen-bond acceptors (Lipinski definition) is 4. The van der Waals surface area contributed by atoms with Crippen LogP contribution in [-0.4, -0.2) is 67.3 Å². The normalized spacial score (nSPS) is 45.4. The Morgan fingerprint density at radius 2 is 1.50 bits per heavy atom. The molecule has 2 heterocycles. The van der Waals surface area contributed by atoms with Crippen LogP contribution in [0.1, 0.15) is 0 Å². The largest absolute Gasteiger partial charge is 0.388 e. The third-order valence-corrected chi connectivity index (χ3v) is 3.87. The van der Waals surface area contributed by atoms with E-state index in [-0.39, 0.29) is 0 Å². The zero-order chi connectivity index (χ0) is 10.3. The van der Waals surface area contributed by atoms with Crippen LogP contribution in [0.5, 0.6) is 0 Å². The molecule has 14 heavy (non-hydrogen) atoms. The minimum absolute atomic E-state index is 0.315. The lowest BCUT2D eigenvalue weighted by Crippen LogP contribution is -2.68. The third-order valence-electron chi connectivity index (χ3n) is 3.87. The van der Waals surface area contributed by atoms with Crippen LogP contribution in [0.2, 0.25) is 0 Å². The Kier molecular flexibility index (Phi) is 2.55. The first-order valence-corrected chi connectivity index (χ1v) is 5.36. The monoisotopic (exact) mass is 199 g/mol. The summed E-state index contributed by atoms with van der Waals surface area (Å²) in [5, 5.41) is 10.5. The van der Waals surface area contributed by atoms with E-state index in [9.17, 15) is 5.11 Å². The molecule has 0 aromatic carbocycles. The van der Waals surface area contributed by atoms with Crippen molar-refractivity contribution < 1.29 is 5.11 Å². The summed E-state index contributed by atoms with van der Waals surface area (Å²) in [4.78, 5) is 4.62. The van der Waals surface area contributed by atoms with Crippen LogP contribution in [0, 0.1) is 11.8 Å². The summed E-state index contributed by atoms with van der Waals surface area (Å²) in [5.41, 5.74) is 5.12. The first-order valence-electron chi connectivity index (χ1n) is 5.36. The zero-order valence-electron chi connectivity index (χ0n) is 9.11. The Bertz CT molecular complexity index is 191. The van der Waals surface area contributed by atoms with Gasteiger partial charge in [0, 0.05) is 44.6 Å². The predicted molar refractivity (Wildman–Crippen MR) is 56.0 cm³/mol. The van der Waals surface area contributed by atoms with E-state index in [4.69, 9.17) is 5.73 Å². The molecular weight excluding hydrogens is 178 g/mol. The SMILES string of the molecule is CN1CC2CN(C)CC(C1)C2(O)CN. The Balaban J connectivity index is 2.21. The predicted octanol–water partition coefficient (Wildman–Crippen LogP) is -1.20.